The van der Waals surface area contributed by atoms with Gasteiger partial charge in [-0.25, -0.2) is 0 Å². The minimum Gasteiger partial charge on any atom is -0.494 e. The fraction of sp³-hybridized carbons (Fsp3) is 0.562. The van der Waals surface area contributed by atoms with Gasteiger partial charge in [-0.2, -0.15) is 0 Å². The van der Waals surface area contributed by atoms with E-state index in [1.165, 1.54) is 23.8 Å². The van der Waals surface area contributed by atoms with Crippen molar-refractivity contribution in [3.05, 3.63) is 28.8 Å². The van der Waals surface area contributed by atoms with Crippen molar-refractivity contribution < 1.29 is 14.3 Å². The van der Waals surface area contributed by atoms with Gasteiger partial charge in [-0.1, -0.05) is 6.07 Å². The van der Waals surface area contributed by atoms with E-state index in [0.29, 0.717) is 13.0 Å². The van der Waals surface area contributed by atoms with Crippen molar-refractivity contribution >= 4 is 5.97 Å². The molecule has 0 bridgehead atoms. The molecule has 1 aliphatic carbocycles. The van der Waals surface area contributed by atoms with E-state index in [1.807, 2.05) is 13.0 Å². The fourth-order valence-electron chi connectivity index (χ4n) is 2.84. The molecule has 1 aromatic carbocycles. The molecule has 0 fully saturated rings. The highest BCUT2D eigenvalue weighted by molar-refractivity contribution is 5.69. The van der Waals surface area contributed by atoms with Gasteiger partial charge >= 0.3 is 5.97 Å². The number of rotatable bonds is 6. The lowest BCUT2D eigenvalue weighted by Crippen LogP contribution is -2.19. The van der Waals surface area contributed by atoms with Crippen molar-refractivity contribution in [2.24, 2.45) is 5.73 Å². The molecule has 0 heterocycles. The van der Waals surface area contributed by atoms with Crippen LogP contribution in [-0.2, 0) is 28.8 Å². The number of esters is 1. The van der Waals surface area contributed by atoms with Crippen LogP contribution in [0.15, 0.2) is 12.1 Å². The van der Waals surface area contributed by atoms with Crippen LogP contribution in [0.5, 0.6) is 5.75 Å². The highest BCUT2D eigenvalue weighted by Crippen LogP contribution is 2.33. The Labute approximate surface area is 120 Å². The Balaban J connectivity index is 2.11. The molecule has 4 nitrogen and oxygen atoms in total. The van der Waals surface area contributed by atoms with E-state index in [2.05, 4.69) is 10.8 Å². The number of carbonyl (C=O) groups is 1. The van der Waals surface area contributed by atoms with E-state index >= 15 is 0 Å². The number of methoxy groups -OCH3 is 1. The van der Waals surface area contributed by atoms with Crippen LogP contribution < -0.4 is 10.5 Å². The molecule has 20 heavy (non-hydrogen) atoms. The van der Waals surface area contributed by atoms with Crippen molar-refractivity contribution in [2.75, 3.05) is 13.7 Å². The highest BCUT2D eigenvalue weighted by atomic mass is 16.5. The number of hydrogen-bond donors (Lipinski definition) is 1. The van der Waals surface area contributed by atoms with Gasteiger partial charge in [0.1, 0.15) is 5.75 Å². The van der Waals surface area contributed by atoms with E-state index in [-0.39, 0.29) is 12.0 Å². The SMILES string of the molecule is CCOc1ccc(CCCC(=O)OC)c2c1CC(N)C2. The smallest absolute Gasteiger partial charge is 0.305 e. The van der Waals surface area contributed by atoms with Crippen molar-refractivity contribution in [1.82, 2.24) is 0 Å². The average Bonchev–Trinajstić information content (AvgIpc) is 2.83. The lowest BCUT2D eigenvalue weighted by atomic mass is 9.98. The first kappa shape index (κ1) is 14.9. The molecule has 0 saturated heterocycles. The van der Waals surface area contributed by atoms with Gasteiger partial charge in [-0.05, 0) is 55.4 Å². The van der Waals surface area contributed by atoms with Gasteiger partial charge < -0.3 is 15.2 Å². The van der Waals surface area contributed by atoms with Crippen molar-refractivity contribution in [1.29, 1.82) is 0 Å². The number of nitrogens with two attached hydrogens (primary N) is 1. The quantitative estimate of drug-likeness (QED) is 0.808. The summed E-state index contributed by atoms with van der Waals surface area (Å²) in [4.78, 5) is 11.2. The van der Waals surface area contributed by atoms with E-state index in [4.69, 9.17) is 10.5 Å². The van der Waals surface area contributed by atoms with Crippen LogP contribution in [0.4, 0.5) is 0 Å². The first-order chi connectivity index (χ1) is 9.65. The minimum absolute atomic E-state index is 0.149. The molecular formula is C16H23NO3. The molecule has 1 aromatic rings. The van der Waals surface area contributed by atoms with Gasteiger partial charge in [-0.3, -0.25) is 4.79 Å². The molecule has 0 aromatic heterocycles. The molecule has 4 heteroatoms. The monoisotopic (exact) mass is 277 g/mol. The second-order valence-corrected chi connectivity index (χ2v) is 5.21. The minimum atomic E-state index is -0.149. The number of hydrogen-bond acceptors (Lipinski definition) is 4. The van der Waals surface area contributed by atoms with Crippen LogP contribution in [0.2, 0.25) is 0 Å². The van der Waals surface area contributed by atoms with Gasteiger partial charge in [0.2, 0.25) is 0 Å². The predicted octanol–water partition coefficient (Wildman–Crippen LogP) is 2.01. The van der Waals surface area contributed by atoms with Gasteiger partial charge in [0.05, 0.1) is 13.7 Å². The Morgan fingerprint density at radius 1 is 1.35 bits per heavy atom. The second kappa shape index (κ2) is 6.75. The maximum atomic E-state index is 11.2. The molecule has 0 aliphatic heterocycles. The Morgan fingerprint density at radius 2 is 2.10 bits per heavy atom. The Morgan fingerprint density at radius 3 is 2.80 bits per heavy atom. The molecular weight excluding hydrogens is 254 g/mol. The first-order valence-corrected chi connectivity index (χ1v) is 7.24. The topological polar surface area (TPSA) is 61.5 Å². The summed E-state index contributed by atoms with van der Waals surface area (Å²) in [6.07, 6.45) is 3.95. The van der Waals surface area contributed by atoms with Gasteiger partial charge in [0.25, 0.3) is 0 Å². The molecule has 1 unspecified atom stereocenters. The number of benzene rings is 1. The summed E-state index contributed by atoms with van der Waals surface area (Å²) >= 11 is 0. The summed E-state index contributed by atoms with van der Waals surface area (Å²) < 4.78 is 10.4. The van der Waals surface area contributed by atoms with E-state index < -0.39 is 0 Å². The maximum absolute atomic E-state index is 11.2. The van der Waals surface area contributed by atoms with Crippen LogP contribution in [0.25, 0.3) is 0 Å². The normalized spacial score (nSPS) is 16.9. The molecule has 110 valence electrons. The average molecular weight is 277 g/mol. The van der Waals surface area contributed by atoms with Crippen molar-refractivity contribution in [3.8, 4) is 5.75 Å². The Kier molecular flexibility index (Phi) is 5.01. The zero-order valence-corrected chi connectivity index (χ0v) is 12.3. The molecule has 0 amide bonds. The van der Waals surface area contributed by atoms with Gasteiger partial charge in [-0.15, -0.1) is 0 Å². The number of carbonyl (C=O) groups excluding carboxylic acids is 1. The highest BCUT2D eigenvalue weighted by Gasteiger charge is 2.24. The molecule has 1 atom stereocenters. The zero-order chi connectivity index (χ0) is 14.5. The summed E-state index contributed by atoms with van der Waals surface area (Å²) in [5.74, 6) is 0.816. The van der Waals surface area contributed by atoms with Crippen LogP contribution in [0.3, 0.4) is 0 Å². The van der Waals surface area contributed by atoms with Crippen LogP contribution in [-0.4, -0.2) is 25.7 Å². The number of ether oxygens (including phenoxy) is 2. The van der Waals surface area contributed by atoms with E-state index in [9.17, 15) is 4.79 Å². The third-order valence-corrected chi connectivity index (χ3v) is 3.77. The summed E-state index contributed by atoms with van der Waals surface area (Å²) in [5.41, 5.74) is 9.97. The van der Waals surface area contributed by atoms with Crippen molar-refractivity contribution in [2.45, 2.75) is 45.1 Å². The van der Waals surface area contributed by atoms with E-state index in [0.717, 1.165) is 31.4 Å². The van der Waals surface area contributed by atoms with Gasteiger partial charge in [0, 0.05) is 12.5 Å². The second-order valence-electron chi connectivity index (χ2n) is 5.21. The maximum Gasteiger partial charge on any atom is 0.305 e. The Hall–Kier alpha value is -1.55. The summed E-state index contributed by atoms with van der Waals surface area (Å²) in [7, 11) is 1.43. The van der Waals surface area contributed by atoms with Crippen molar-refractivity contribution in [3.63, 3.8) is 0 Å². The Bertz CT molecular complexity index is 485. The van der Waals surface area contributed by atoms with Crippen LogP contribution in [0.1, 0.15) is 36.5 Å². The lowest BCUT2D eigenvalue weighted by molar-refractivity contribution is -0.140. The number of aryl methyl sites for hydroxylation is 1. The third kappa shape index (κ3) is 3.31. The largest absolute Gasteiger partial charge is 0.494 e. The molecule has 0 spiro atoms. The predicted molar refractivity (Wildman–Crippen MR) is 77.9 cm³/mol. The van der Waals surface area contributed by atoms with E-state index in [1.54, 1.807) is 0 Å². The molecule has 2 N–H and O–H groups in total. The third-order valence-electron chi connectivity index (χ3n) is 3.77. The lowest BCUT2D eigenvalue weighted by Gasteiger charge is -2.13. The summed E-state index contributed by atoms with van der Waals surface area (Å²) in [6, 6.07) is 4.33. The van der Waals surface area contributed by atoms with Gasteiger partial charge in [0.15, 0.2) is 0 Å². The summed E-state index contributed by atoms with van der Waals surface area (Å²) in [6.45, 7) is 2.66. The summed E-state index contributed by atoms with van der Waals surface area (Å²) in [5, 5.41) is 0. The van der Waals surface area contributed by atoms with Crippen LogP contribution >= 0.6 is 0 Å². The molecule has 0 radical (unpaired) electrons. The number of fused-ring (bicyclic) bond motifs is 1. The zero-order valence-electron chi connectivity index (χ0n) is 12.3. The fourth-order valence-corrected chi connectivity index (χ4v) is 2.84. The molecule has 1 aliphatic rings. The first-order valence-electron chi connectivity index (χ1n) is 7.24. The molecule has 2 rings (SSSR count). The molecule has 0 saturated carbocycles. The standard InChI is InChI=1S/C16H23NO3/c1-3-20-15-8-7-11(5-4-6-16(18)19-2)13-9-12(17)10-14(13)15/h7-8,12H,3-6,9-10,17H2,1-2H3. The van der Waals surface area contributed by atoms with Crippen LogP contribution in [0, 0.1) is 0 Å².